The molecule has 1 unspecified atom stereocenters. The molecule has 2 rings (SSSR count). The third-order valence-electron chi connectivity index (χ3n) is 3.91. The molecule has 0 radical (unpaired) electrons. The molecule has 0 saturated heterocycles. The fourth-order valence-corrected chi connectivity index (χ4v) is 2.73. The second-order valence-corrected chi connectivity index (χ2v) is 5.96. The summed E-state index contributed by atoms with van der Waals surface area (Å²) in [6, 6.07) is 7.76. The highest BCUT2D eigenvalue weighted by molar-refractivity contribution is 5.96. The molecule has 0 saturated carbocycles. The Morgan fingerprint density at radius 1 is 0.931 bits per heavy atom. The lowest BCUT2D eigenvalue weighted by molar-refractivity contribution is -0.155. The maximum absolute atomic E-state index is 13.6. The molecule has 0 fully saturated rings. The lowest BCUT2D eigenvalue weighted by atomic mass is 10.1. The Labute approximate surface area is 167 Å². The van der Waals surface area contributed by atoms with Gasteiger partial charge in [0.15, 0.2) is 17.5 Å². The number of halogens is 3. The summed E-state index contributed by atoms with van der Waals surface area (Å²) < 4.78 is 57.3. The van der Waals surface area contributed by atoms with E-state index in [4.69, 9.17) is 14.2 Å². The SMILES string of the molecule is CCOc1cc(C(=O)NC(c2ccccc2)C(F)(F)F)cc(OCC)c1OCC. The van der Waals surface area contributed by atoms with Crippen LogP contribution in [0.2, 0.25) is 0 Å². The van der Waals surface area contributed by atoms with Gasteiger partial charge in [0, 0.05) is 5.56 Å². The second-order valence-electron chi connectivity index (χ2n) is 5.96. The summed E-state index contributed by atoms with van der Waals surface area (Å²) >= 11 is 0. The fourth-order valence-electron chi connectivity index (χ4n) is 2.73. The fraction of sp³-hybridized carbons (Fsp3) is 0.381. The zero-order valence-corrected chi connectivity index (χ0v) is 16.5. The van der Waals surface area contributed by atoms with Crippen LogP contribution in [0.25, 0.3) is 0 Å². The highest BCUT2D eigenvalue weighted by Gasteiger charge is 2.42. The van der Waals surface area contributed by atoms with Crippen molar-refractivity contribution >= 4 is 5.91 Å². The molecule has 0 aliphatic carbocycles. The van der Waals surface area contributed by atoms with Crippen LogP contribution in [0.3, 0.4) is 0 Å². The van der Waals surface area contributed by atoms with Gasteiger partial charge in [-0.15, -0.1) is 0 Å². The Kier molecular flexibility index (Phi) is 7.75. The van der Waals surface area contributed by atoms with Gasteiger partial charge in [-0.2, -0.15) is 13.2 Å². The van der Waals surface area contributed by atoms with Gasteiger partial charge >= 0.3 is 6.18 Å². The Hall–Kier alpha value is -2.90. The van der Waals surface area contributed by atoms with Gasteiger partial charge in [-0.25, -0.2) is 0 Å². The molecule has 29 heavy (non-hydrogen) atoms. The molecular formula is C21H24F3NO4. The molecule has 5 nitrogen and oxygen atoms in total. The topological polar surface area (TPSA) is 56.8 Å². The predicted octanol–water partition coefficient (Wildman–Crippen LogP) is 4.92. The summed E-state index contributed by atoms with van der Waals surface area (Å²) in [4.78, 5) is 12.7. The molecule has 158 valence electrons. The monoisotopic (exact) mass is 411 g/mol. The molecule has 1 atom stereocenters. The Morgan fingerprint density at radius 2 is 1.45 bits per heavy atom. The van der Waals surface area contributed by atoms with Crippen LogP contribution in [0.15, 0.2) is 42.5 Å². The number of carbonyl (C=O) groups excluding carboxylic acids is 1. The van der Waals surface area contributed by atoms with Crippen molar-refractivity contribution in [3.05, 3.63) is 53.6 Å². The van der Waals surface area contributed by atoms with E-state index >= 15 is 0 Å². The number of amides is 1. The van der Waals surface area contributed by atoms with Crippen LogP contribution in [-0.2, 0) is 0 Å². The number of alkyl halides is 3. The van der Waals surface area contributed by atoms with Crippen molar-refractivity contribution in [2.45, 2.75) is 33.0 Å². The first-order chi connectivity index (χ1) is 13.8. The minimum Gasteiger partial charge on any atom is -0.490 e. The van der Waals surface area contributed by atoms with Crippen molar-refractivity contribution in [2.24, 2.45) is 0 Å². The van der Waals surface area contributed by atoms with Crippen LogP contribution in [-0.4, -0.2) is 31.9 Å². The zero-order valence-electron chi connectivity index (χ0n) is 16.5. The number of ether oxygens (including phenoxy) is 3. The normalized spacial score (nSPS) is 12.2. The van der Waals surface area contributed by atoms with Crippen molar-refractivity contribution < 1.29 is 32.2 Å². The second kappa shape index (κ2) is 10.0. The van der Waals surface area contributed by atoms with Gasteiger partial charge in [-0.3, -0.25) is 4.79 Å². The summed E-state index contributed by atoms with van der Waals surface area (Å²) in [6.45, 7) is 6.17. The van der Waals surface area contributed by atoms with E-state index in [1.165, 1.54) is 36.4 Å². The van der Waals surface area contributed by atoms with Gasteiger partial charge in [-0.05, 0) is 38.5 Å². The smallest absolute Gasteiger partial charge is 0.412 e. The van der Waals surface area contributed by atoms with E-state index in [0.29, 0.717) is 12.4 Å². The van der Waals surface area contributed by atoms with E-state index in [-0.39, 0.29) is 35.8 Å². The van der Waals surface area contributed by atoms with E-state index < -0.39 is 18.1 Å². The number of rotatable bonds is 9. The Bertz CT molecular complexity index is 782. The minimum absolute atomic E-state index is 0.0227. The van der Waals surface area contributed by atoms with Crippen LogP contribution in [0, 0.1) is 0 Å². The minimum atomic E-state index is -4.66. The lowest BCUT2D eigenvalue weighted by Crippen LogP contribution is -2.38. The number of nitrogens with one attached hydrogen (secondary N) is 1. The number of hydrogen-bond donors (Lipinski definition) is 1. The summed E-state index contributed by atoms with van der Waals surface area (Å²) in [5, 5.41) is 2.06. The van der Waals surface area contributed by atoms with Crippen molar-refractivity contribution in [3.8, 4) is 17.2 Å². The van der Waals surface area contributed by atoms with Gasteiger partial charge in [0.25, 0.3) is 5.91 Å². The van der Waals surface area contributed by atoms with Gasteiger partial charge in [-0.1, -0.05) is 30.3 Å². The summed E-state index contributed by atoms with van der Waals surface area (Å²) in [6.07, 6.45) is -4.66. The maximum Gasteiger partial charge on any atom is 0.412 e. The van der Waals surface area contributed by atoms with Crippen molar-refractivity contribution in [1.29, 1.82) is 0 Å². The van der Waals surface area contributed by atoms with Crippen LogP contribution in [0.5, 0.6) is 17.2 Å². The highest BCUT2D eigenvalue weighted by atomic mass is 19.4. The molecule has 0 aliphatic heterocycles. The predicted molar refractivity (Wildman–Crippen MR) is 103 cm³/mol. The van der Waals surface area contributed by atoms with E-state index in [1.54, 1.807) is 26.8 Å². The molecule has 2 aromatic rings. The van der Waals surface area contributed by atoms with E-state index in [0.717, 1.165) is 0 Å². The zero-order chi connectivity index (χ0) is 21.4. The standard InChI is InChI=1S/C21H24F3NO4/c1-4-27-16-12-15(13-17(28-5-2)18(16)29-6-3)20(26)25-19(21(22,23)24)14-10-8-7-9-11-14/h7-13,19H,4-6H2,1-3H3,(H,25,26). The summed E-state index contributed by atoms with van der Waals surface area (Å²) in [7, 11) is 0. The molecule has 0 heterocycles. The number of hydrogen-bond acceptors (Lipinski definition) is 4. The number of carbonyl (C=O) groups is 1. The molecule has 8 heteroatoms. The largest absolute Gasteiger partial charge is 0.490 e. The van der Waals surface area contributed by atoms with Crippen LogP contribution >= 0.6 is 0 Å². The Morgan fingerprint density at radius 3 is 1.90 bits per heavy atom. The summed E-state index contributed by atoms with van der Waals surface area (Å²) in [5.41, 5.74) is -0.0834. The highest BCUT2D eigenvalue weighted by Crippen LogP contribution is 2.40. The molecule has 2 aromatic carbocycles. The van der Waals surface area contributed by atoms with Crippen LogP contribution in [0.1, 0.15) is 42.7 Å². The average Bonchev–Trinajstić information content (AvgIpc) is 2.68. The number of benzene rings is 2. The molecule has 0 bridgehead atoms. The van der Waals surface area contributed by atoms with E-state index in [9.17, 15) is 18.0 Å². The molecule has 1 N–H and O–H groups in total. The van der Waals surface area contributed by atoms with Crippen LogP contribution in [0.4, 0.5) is 13.2 Å². The average molecular weight is 411 g/mol. The van der Waals surface area contributed by atoms with Gasteiger partial charge in [0.1, 0.15) is 0 Å². The molecule has 0 spiro atoms. The van der Waals surface area contributed by atoms with Gasteiger partial charge < -0.3 is 19.5 Å². The van der Waals surface area contributed by atoms with Gasteiger partial charge in [0.2, 0.25) is 5.75 Å². The van der Waals surface area contributed by atoms with Crippen molar-refractivity contribution in [2.75, 3.05) is 19.8 Å². The third kappa shape index (κ3) is 5.79. The van der Waals surface area contributed by atoms with E-state index in [1.807, 2.05) is 0 Å². The first kappa shape index (κ1) is 22.4. The first-order valence-electron chi connectivity index (χ1n) is 9.30. The van der Waals surface area contributed by atoms with E-state index in [2.05, 4.69) is 5.32 Å². The molecule has 0 aromatic heterocycles. The molecule has 0 aliphatic rings. The van der Waals surface area contributed by atoms with Gasteiger partial charge in [0.05, 0.1) is 19.8 Å². The first-order valence-corrected chi connectivity index (χ1v) is 9.30. The third-order valence-corrected chi connectivity index (χ3v) is 3.91. The maximum atomic E-state index is 13.6. The quantitative estimate of drug-likeness (QED) is 0.637. The lowest BCUT2D eigenvalue weighted by Gasteiger charge is -2.23. The molecular weight excluding hydrogens is 387 g/mol. The van der Waals surface area contributed by atoms with Crippen LogP contribution < -0.4 is 19.5 Å². The van der Waals surface area contributed by atoms with Crippen molar-refractivity contribution in [1.82, 2.24) is 5.32 Å². The van der Waals surface area contributed by atoms with Crippen molar-refractivity contribution in [3.63, 3.8) is 0 Å². The Balaban J connectivity index is 2.42. The molecule has 1 amide bonds. The summed E-state index contributed by atoms with van der Waals surface area (Å²) in [5.74, 6) is -0.133.